The summed E-state index contributed by atoms with van der Waals surface area (Å²) >= 11 is 0. The van der Waals surface area contributed by atoms with Crippen LogP contribution in [-0.4, -0.2) is 11.0 Å². The van der Waals surface area contributed by atoms with Crippen LogP contribution in [0.15, 0.2) is 36.4 Å². The lowest BCUT2D eigenvalue weighted by Crippen LogP contribution is -2.02. The molecule has 0 spiro atoms. The largest absolute Gasteiger partial charge is 0.327 e. The molecule has 1 aliphatic carbocycles. The third kappa shape index (κ3) is 1.19. The predicted octanol–water partition coefficient (Wildman–Crippen LogP) is 2.05. The highest BCUT2D eigenvalue weighted by Gasteiger charge is 2.35. The van der Waals surface area contributed by atoms with Crippen molar-refractivity contribution in [2.24, 2.45) is 5.73 Å². The van der Waals surface area contributed by atoms with Crippen molar-refractivity contribution >= 4 is 10.9 Å². The molecule has 2 aromatic rings. The van der Waals surface area contributed by atoms with Gasteiger partial charge in [-0.15, -0.1) is 0 Å². The number of hydrogen-bond acceptors (Lipinski definition) is 2. The standard InChI is InChI=1S/C12H12N2/c13-10-7-9(10)12-6-5-8-3-1-2-4-11(8)14-12/h1-6,9-10H,7,13H2/t9-,10-/m1/s1. The number of hydrogen-bond donors (Lipinski definition) is 1. The van der Waals surface area contributed by atoms with Crippen molar-refractivity contribution in [1.29, 1.82) is 0 Å². The average molecular weight is 184 g/mol. The summed E-state index contributed by atoms with van der Waals surface area (Å²) in [7, 11) is 0. The number of aromatic nitrogens is 1. The number of para-hydroxylation sites is 1. The predicted molar refractivity (Wildman–Crippen MR) is 57.1 cm³/mol. The van der Waals surface area contributed by atoms with E-state index in [0.717, 1.165) is 17.6 Å². The highest BCUT2D eigenvalue weighted by atomic mass is 14.8. The van der Waals surface area contributed by atoms with Crippen molar-refractivity contribution in [3.63, 3.8) is 0 Å². The summed E-state index contributed by atoms with van der Waals surface area (Å²) in [5.74, 6) is 0.500. The van der Waals surface area contributed by atoms with Crippen LogP contribution in [0.25, 0.3) is 10.9 Å². The molecule has 2 N–H and O–H groups in total. The van der Waals surface area contributed by atoms with Crippen LogP contribution in [-0.2, 0) is 0 Å². The van der Waals surface area contributed by atoms with Crippen LogP contribution in [0, 0.1) is 0 Å². The van der Waals surface area contributed by atoms with Gasteiger partial charge in [-0.25, -0.2) is 0 Å². The summed E-state index contributed by atoms with van der Waals surface area (Å²) in [5.41, 5.74) is 8.03. The summed E-state index contributed by atoms with van der Waals surface area (Å²) in [6.45, 7) is 0. The molecule has 0 aliphatic heterocycles. The second-order valence-corrected chi connectivity index (χ2v) is 3.93. The Balaban J connectivity index is 2.11. The Morgan fingerprint density at radius 1 is 1.14 bits per heavy atom. The number of pyridine rings is 1. The average Bonchev–Trinajstić information content (AvgIpc) is 2.95. The van der Waals surface area contributed by atoms with Crippen LogP contribution in [0.4, 0.5) is 0 Å². The summed E-state index contributed by atoms with van der Waals surface area (Å²) in [6, 6.07) is 12.7. The second-order valence-electron chi connectivity index (χ2n) is 3.93. The van der Waals surface area contributed by atoms with Crippen molar-refractivity contribution in [3.8, 4) is 0 Å². The Morgan fingerprint density at radius 2 is 1.93 bits per heavy atom. The van der Waals surface area contributed by atoms with Gasteiger partial charge in [0.25, 0.3) is 0 Å². The van der Waals surface area contributed by atoms with Gasteiger partial charge in [-0.1, -0.05) is 24.3 Å². The minimum absolute atomic E-state index is 0.337. The van der Waals surface area contributed by atoms with Gasteiger partial charge in [0.2, 0.25) is 0 Å². The summed E-state index contributed by atoms with van der Waals surface area (Å²) in [4.78, 5) is 4.61. The zero-order chi connectivity index (χ0) is 9.54. The van der Waals surface area contributed by atoms with Crippen LogP contribution in [0.2, 0.25) is 0 Å². The number of benzene rings is 1. The van der Waals surface area contributed by atoms with Gasteiger partial charge in [0.05, 0.1) is 5.52 Å². The maximum atomic E-state index is 5.80. The summed E-state index contributed by atoms with van der Waals surface area (Å²) < 4.78 is 0. The topological polar surface area (TPSA) is 38.9 Å². The Bertz CT molecular complexity index is 478. The molecule has 2 nitrogen and oxygen atoms in total. The molecule has 1 heterocycles. The van der Waals surface area contributed by atoms with Crippen molar-refractivity contribution in [2.45, 2.75) is 18.4 Å². The monoisotopic (exact) mass is 184 g/mol. The third-order valence-corrected chi connectivity index (χ3v) is 2.84. The normalized spacial score (nSPS) is 25.2. The molecule has 2 heteroatoms. The van der Waals surface area contributed by atoms with Gasteiger partial charge >= 0.3 is 0 Å². The van der Waals surface area contributed by atoms with Gasteiger partial charge in [0.15, 0.2) is 0 Å². The number of nitrogens with two attached hydrogens (primary N) is 1. The van der Waals surface area contributed by atoms with Crippen LogP contribution in [0.1, 0.15) is 18.0 Å². The maximum absolute atomic E-state index is 5.80. The van der Waals surface area contributed by atoms with E-state index in [1.54, 1.807) is 0 Å². The molecule has 0 amide bonds. The molecule has 1 saturated carbocycles. The molecular weight excluding hydrogens is 172 g/mol. The van der Waals surface area contributed by atoms with Gasteiger partial charge in [0, 0.05) is 23.0 Å². The summed E-state index contributed by atoms with van der Waals surface area (Å²) in [5, 5.41) is 1.20. The number of rotatable bonds is 1. The fraction of sp³-hybridized carbons (Fsp3) is 0.250. The highest BCUT2D eigenvalue weighted by molar-refractivity contribution is 5.78. The van der Waals surface area contributed by atoms with Gasteiger partial charge in [-0.3, -0.25) is 4.98 Å². The minimum Gasteiger partial charge on any atom is -0.327 e. The smallest absolute Gasteiger partial charge is 0.0705 e. The molecule has 1 aromatic heterocycles. The zero-order valence-corrected chi connectivity index (χ0v) is 7.85. The van der Waals surface area contributed by atoms with Crippen molar-refractivity contribution in [1.82, 2.24) is 4.98 Å². The molecule has 0 radical (unpaired) electrons. The van der Waals surface area contributed by atoms with Crippen molar-refractivity contribution < 1.29 is 0 Å². The van der Waals surface area contributed by atoms with E-state index in [0.29, 0.717) is 12.0 Å². The van der Waals surface area contributed by atoms with E-state index in [2.05, 4.69) is 23.2 Å². The first-order valence-electron chi connectivity index (χ1n) is 4.96. The number of fused-ring (bicyclic) bond motifs is 1. The molecule has 0 saturated heterocycles. The van der Waals surface area contributed by atoms with Gasteiger partial charge in [-0.05, 0) is 18.6 Å². The second kappa shape index (κ2) is 2.79. The van der Waals surface area contributed by atoms with E-state index >= 15 is 0 Å². The van der Waals surface area contributed by atoms with E-state index in [9.17, 15) is 0 Å². The first-order valence-corrected chi connectivity index (χ1v) is 4.96. The minimum atomic E-state index is 0.337. The molecule has 3 rings (SSSR count). The molecule has 1 aromatic carbocycles. The SMILES string of the molecule is N[C@@H]1C[C@H]1c1ccc2ccccc2n1. The lowest BCUT2D eigenvalue weighted by atomic mass is 10.1. The highest BCUT2D eigenvalue weighted by Crippen LogP contribution is 2.38. The van der Waals surface area contributed by atoms with Crippen LogP contribution in [0.3, 0.4) is 0 Å². The van der Waals surface area contributed by atoms with Crippen LogP contribution in [0.5, 0.6) is 0 Å². The Hall–Kier alpha value is -1.41. The first kappa shape index (κ1) is 7.94. The Morgan fingerprint density at radius 3 is 2.71 bits per heavy atom. The number of nitrogens with zero attached hydrogens (tertiary/aromatic N) is 1. The van der Waals surface area contributed by atoms with E-state index < -0.39 is 0 Å². The molecule has 14 heavy (non-hydrogen) atoms. The molecule has 2 atom stereocenters. The van der Waals surface area contributed by atoms with Gasteiger partial charge in [0.1, 0.15) is 0 Å². The molecular formula is C12H12N2. The maximum Gasteiger partial charge on any atom is 0.0705 e. The van der Waals surface area contributed by atoms with Crippen LogP contribution >= 0.6 is 0 Å². The van der Waals surface area contributed by atoms with E-state index in [1.807, 2.05) is 18.2 Å². The van der Waals surface area contributed by atoms with Crippen molar-refractivity contribution in [3.05, 3.63) is 42.1 Å². The fourth-order valence-electron chi connectivity index (χ4n) is 1.84. The molecule has 1 fully saturated rings. The van der Waals surface area contributed by atoms with Gasteiger partial charge < -0.3 is 5.73 Å². The molecule has 0 unspecified atom stereocenters. The van der Waals surface area contributed by atoms with E-state index in [-0.39, 0.29) is 0 Å². The molecule has 0 bridgehead atoms. The first-order chi connectivity index (χ1) is 6.84. The lowest BCUT2D eigenvalue weighted by Gasteiger charge is -2.00. The quantitative estimate of drug-likeness (QED) is 0.736. The summed E-state index contributed by atoms with van der Waals surface area (Å²) in [6.07, 6.45) is 1.09. The molecule has 1 aliphatic rings. The molecule has 70 valence electrons. The van der Waals surface area contributed by atoms with E-state index in [4.69, 9.17) is 5.73 Å². The third-order valence-electron chi connectivity index (χ3n) is 2.84. The van der Waals surface area contributed by atoms with Crippen molar-refractivity contribution in [2.75, 3.05) is 0 Å². The Labute approximate surface area is 82.8 Å². The zero-order valence-electron chi connectivity index (χ0n) is 7.85. The lowest BCUT2D eigenvalue weighted by molar-refractivity contribution is 0.955. The van der Waals surface area contributed by atoms with Gasteiger partial charge in [-0.2, -0.15) is 0 Å². The van der Waals surface area contributed by atoms with Crippen LogP contribution < -0.4 is 5.73 Å². The Kier molecular flexibility index (Phi) is 1.58. The van der Waals surface area contributed by atoms with E-state index in [1.165, 1.54) is 5.39 Å². The fourth-order valence-corrected chi connectivity index (χ4v) is 1.84.